The Hall–Kier alpha value is -3.26. The van der Waals surface area contributed by atoms with Crippen molar-refractivity contribution in [1.82, 2.24) is 10.6 Å². The Bertz CT molecular complexity index is 1040. The normalized spacial score (nSPS) is 18.0. The van der Waals surface area contributed by atoms with Crippen LogP contribution in [0.5, 0.6) is 0 Å². The molecule has 170 valence electrons. The van der Waals surface area contributed by atoms with E-state index >= 15 is 0 Å². The minimum atomic E-state index is -3.42. The fourth-order valence-corrected chi connectivity index (χ4v) is 3.41. The van der Waals surface area contributed by atoms with Crippen LogP contribution in [0.4, 0.5) is 13.6 Å². The van der Waals surface area contributed by atoms with Gasteiger partial charge >= 0.3 is 17.7 Å². The lowest BCUT2D eigenvalue weighted by molar-refractivity contribution is -0.303. The van der Waals surface area contributed by atoms with Crippen molar-refractivity contribution in [1.29, 1.82) is 0 Å². The van der Waals surface area contributed by atoms with Crippen molar-refractivity contribution in [3.05, 3.63) is 82.9 Å². The van der Waals surface area contributed by atoms with Crippen molar-refractivity contribution in [3.8, 4) is 0 Å². The van der Waals surface area contributed by atoms with E-state index < -0.39 is 11.7 Å². The Labute approximate surface area is 186 Å². The molecule has 0 spiro atoms. The van der Waals surface area contributed by atoms with E-state index in [9.17, 15) is 13.6 Å². The average Bonchev–Trinajstić information content (AvgIpc) is 3.23. The number of methoxy groups -OCH3 is 1. The van der Waals surface area contributed by atoms with Gasteiger partial charge in [0, 0.05) is 20.2 Å². The highest BCUT2D eigenvalue weighted by Crippen LogP contribution is 2.44. The number of carbonyl (C=O) groups is 1. The molecule has 0 bridgehead atoms. The summed E-state index contributed by atoms with van der Waals surface area (Å²) in [5.74, 6) is -5.64. The van der Waals surface area contributed by atoms with Gasteiger partial charge in [0.15, 0.2) is 0 Å². The molecule has 0 radical (unpaired) electrons. The number of carbonyl (C=O) groups excluding carboxylic acids is 1. The van der Waals surface area contributed by atoms with Crippen LogP contribution < -0.4 is 10.6 Å². The van der Waals surface area contributed by atoms with Crippen molar-refractivity contribution in [2.45, 2.75) is 45.1 Å². The monoisotopic (exact) mass is 443 g/mol. The number of aryl methyl sites for hydroxylation is 1. The Morgan fingerprint density at radius 1 is 1.19 bits per heavy atom. The van der Waals surface area contributed by atoms with E-state index in [0.717, 1.165) is 23.8 Å². The molecule has 1 atom stereocenters. The maximum absolute atomic E-state index is 14.6. The highest BCUT2D eigenvalue weighted by molar-refractivity contribution is 6.01. The van der Waals surface area contributed by atoms with E-state index in [1.54, 1.807) is 18.2 Å². The SMILES string of the molecule is C=C(C)C(F)(F)C1(OC)CC(c2cccc(CNC(=O)NCc3cccc(C)c3)c2)=NO1. The molecule has 1 aliphatic heterocycles. The number of rotatable bonds is 8. The van der Waals surface area contributed by atoms with Crippen LogP contribution in [-0.2, 0) is 22.7 Å². The molecule has 0 aliphatic carbocycles. The van der Waals surface area contributed by atoms with Crippen LogP contribution in [0.15, 0.2) is 65.8 Å². The third kappa shape index (κ3) is 4.96. The fraction of sp³-hybridized carbons (Fsp3) is 0.333. The summed E-state index contributed by atoms with van der Waals surface area (Å²) in [6, 6.07) is 14.7. The minimum absolute atomic E-state index is 0.239. The van der Waals surface area contributed by atoms with Crippen molar-refractivity contribution < 1.29 is 23.1 Å². The summed E-state index contributed by atoms with van der Waals surface area (Å²) < 4.78 is 34.3. The van der Waals surface area contributed by atoms with Gasteiger partial charge in [0.25, 0.3) is 0 Å². The van der Waals surface area contributed by atoms with Gasteiger partial charge in [-0.15, -0.1) is 0 Å². The molecule has 2 amide bonds. The molecule has 1 unspecified atom stereocenters. The van der Waals surface area contributed by atoms with E-state index in [2.05, 4.69) is 22.4 Å². The molecule has 1 heterocycles. The lowest BCUT2D eigenvalue weighted by Gasteiger charge is -2.33. The van der Waals surface area contributed by atoms with Crippen molar-refractivity contribution in [3.63, 3.8) is 0 Å². The highest BCUT2D eigenvalue weighted by atomic mass is 19.3. The van der Waals surface area contributed by atoms with Gasteiger partial charge in [0.2, 0.25) is 0 Å². The van der Waals surface area contributed by atoms with Crippen molar-refractivity contribution >= 4 is 11.7 Å². The van der Waals surface area contributed by atoms with Crippen LogP contribution in [0.1, 0.15) is 35.6 Å². The van der Waals surface area contributed by atoms with Gasteiger partial charge in [-0.05, 0) is 42.2 Å². The molecule has 0 fully saturated rings. The first-order valence-corrected chi connectivity index (χ1v) is 10.2. The summed E-state index contributed by atoms with van der Waals surface area (Å²) in [4.78, 5) is 17.2. The molecular formula is C24H27F2N3O3. The van der Waals surface area contributed by atoms with Crippen molar-refractivity contribution in [2.75, 3.05) is 7.11 Å². The van der Waals surface area contributed by atoms with E-state index in [1.165, 1.54) is 6.92 Å². The predicted molar refractivity (Wildman–Crippen MR) is 118 cm³/mol. The molecule has 0 saturated heterocycles. The topological polar surface area (TPSA) is 72.0 Å². The number of nitrogens with zero attached hydrogens (tertiary/aromatic N) is 1. The Morgan fingerprint density at radius 3 is 2.41 bits per heavy atom. The average molecular weight is 443 g/mol. The van der Waals surface area contributed by atoms with Crippen LogP contribution >= 0.6 is 0 Å². The number of hydrogen-bond acceptors (Lipinski definition) is 4. The lowest BCUT2D eigenvalue weighted by Crippen LogP contribution is -2.50. The predicted octanol–water partition coefficient (Wildman–Crippen LogP) is 4.67. The maximum atomic E-state index is 14.6. The zero-order valence-corrected chi connectivity index (χ0v) is 18.4. The highest BCUT2D eigenvalue weighted by Gasteiger charge is 2.61. The third-order valence-corrected chi connectivity index (χ3v) is 5.30. The maximum Gasteiger partial charge on any atom is 0.335 e. The Kier molecular flexibility index (Phi) is 6.93. The second kappa shape index (κ2) is 9.48. The van der Waals surface area contributed by atoms with Crippen LogP contribution in [0.2, 0.25) is 0 Å². The number of nitrogens with one attached hydrogen (secondary N) is 2. The summed E-state index contributed by atoms with van der Waals surface area (Å²) in [6.07, 6.45) is -0.239. The zero-order valence-electron chi connectivity index (χ0n) is 18.4. The number of hydrogen-bond donors (Lipinski definition) is 2. The molecule has 8 heteroatoms. The first-order valence-electron chi connectivity index (χ1n) is 10.2. The van der Waals surface area contributed by atoms with Crippen molar-refractivity contribution in [2.24, 2.45) is 5.16 Å². The summed E-state index contributed by atoms with van der Waals surface area (Å²) in [7, 11) is 1.16. The second-order valence-corrected chi connectivity index (χ2v) is 7.84. The molecule has 2 N–H and O–H groups in total. The van der Waals surface area contributed by atoms with Gasteiger partial charge in [-0.1, -0.05) is 59.8 Å². The number of alkyl halides is 2. The Balaban J connectivity index is 1.60. The van der Waals surface area contributed by atoms with Gasteiger partial charge < -0.3 is 20.2 Å². The number of oxime groups is 1. The number of benzene rings is 2. The van der Waals surface area contributed by atoms with Crippen LogP contribution in [-0.4, -0.2) is 30.6 Å². The molecule has 0 saturated carbocycles. The molecule has 6 nitrogen and oxygen atoms in total. The quantitative estimate of drug-likeness (QED) is 0.583. The Morgan fingerprint density at radius 2 is 1.81 bits per heavy atom. The summed E-state index contributed by atoms with van der Waals surface area (Å²) >= 11 is 0. The first kappa shape index (κ1) is 23.4. The molecule has 1 aliphatic rings. The molecular weight excluding hydrogens is 416 g/mol. The van der Waals surface area contributed by atoms with Crippen LogP contribution in [0.25, 0.3) is 0 Å². The minimum Gasteiger partial charge on any atom is -0.352 e. The number of urea groups is 1. The number of amides is 2. The molecule has 0 aromatic heterocycles. The fourth-order valence-electron chi connectivity index (χ4n) is 3.41. The first-order chi connectivity index (χ1) is 15.2. The van der Waals surface area contributed by atoms with E-state index in [-0.39, 0.29) is 24.6 Å². The van der Waals surface area contributed by atoms with Gasteiger partial charge in [-0.2, -0.15) is 8.78 Å². The molecule has 2 aromatic rings. The molecule has 2 aromatic carbocycles. The third-order valence-electron chi connectivity index (χ3n) is 5.30. The largest absolute Gasteiger partial charge is 0.352 e. The molecule has 3 rings (SSSR count). The van der Waals surface area contributed by atoms with Gasteiger partial charge in [-0.3, -0.25) is 0 Å². The standard InChI is InChI=1S/C24H27F2N3O3/c1-16(2)24(25,26)23(31-4)13-21(29-32-23)20-10-6-9-19(12-20)15-28-22(30)27-14-18-8-5-7-17(3)11-18/h5-12H,1,13-15H2,2-4H3,(H2,27,28,30). The summed E-state index contributed by atoms with van der Waals surface area (Å²) in [5, 5.41) is 9.46. The summed E-state index contributed by atoms with van der Waals surface area (Å²) in [6.45, 7) is 7.24. The van der Waals surface area contributed by atoms with Gasteiger partial charge in [-0.25, -0.2) is 4.79 Å². The van der Waals surface area contributed by atoms with E-state index in [4.69, 9.17) is 9.57 Å². The summed E-state index contributed by atoms with van der Waals surface area (Å²) in [5.41, 5.74) is 3.50. The number of halogens is 2. The van der Waals surface area contributed by atoms with E-state index in [1.807, 2.05) is 37.3 Å². The smallest absolute Gasteiger partial charge is 0.335 e. The number of ether oxygens (including phenoxy) is 1. The second-order valence-electron chi connectivity index (χ2n) is 7.84. The van der Waals surface area contributed by atoms with Gasteiger partial charge in [0.05, 0.1) is 12.1 Å². The van der Waals surface area contributed by atoms with Crippen LogP contribution in [0.3, 0.4) is 0 Å². The zero-order chi connectivity index (χ0) is 23.4. The van der Waals surface area contributed by atoms with Gasteiger partial charge in [0.1, 0.15) is 0 Å². The molecule has 32 heavy (non-hydrogen) atoms. The van der Waals surface area contributed by atoms with Crippen LogP contribution in [0, 0.1) is 6.92 Å². The van der Waals surface area contributed by atoms with E-state index in [0.29, 0.717) is 17.8 Å². The lowest BCUT2D eigenvalue weighted by atomic mass is 9.94.